The van der Waals surface area contributed by atoms with E-state index in [1.165, 1.54) is 0 Å². The van der Waals surface area contributed by atoms with Gasteiger partial charge in [-0.1, -0.05) is 24.3 Å². The summed E-state index contributed by atoms with van der Waals surface area (Å²) in [5.41, 5.74) is 2.17. The maximum atomic E-state index is 13.3. The van der Waals surface area contributed by atoms with E-state index in [1.807, 2.05) is 43.3 Å². The molecular formula is C24H24N2O4. The number of methoxy groups -OCH3 is 1. The van der Waals surface area contributed by atoms with Crippen molar-refractivity contribution in [3.05, 3.63) is 78.1 Å². The van der Waals surface area contributed by atoms with Crippen LogP contribution in [0.5, 0.6) is 5.75 Å². The van der Waals surface area contributed by atoms with Crippen LogP contribution in [0, 0.1) is 0 Å². The summed E-state index contributed by atoms with van der Waals surface area (Å²) in [6, 6.07) is 18.1. The van der Waals surface area contributed by atoms with Gasteiger partial charge in [0.1, 0.15) is 5.75 Å². The van der Waals surface area contributed by atoms with Crippen LogP contribution in [0.1, 0.15) is 42.2 Å². The fraction of sp³-hybridized carbons (Fsp3) is 0.250. The number of furan rings is 1. The second kappa shape index (κ2) is 8.06. The maximum Gasteiger partial charge on any atom is 0.260 e. The second-order valence-corrected chi connectivity index (χ2v) is 7.41. The van der Waals surface area contributed by atoms with Gasteiger partial charge in [-0.05, 0) is 49.7 Å². The van der Waals surface area contributed by atoms with E-state index in [9.17, 15) is 9.59 Å². The summed E-state index contributed by atoms with van der Waals surface area (Å²) in [6.45, 7) is 3.53. The Morgan fingerprint density at radius 3 is 2.57 bits per heavy atom. The van der Waals surface area contributed by atoms with Gasteiger partial charge in [-0.3, -0.25) is 14.5 Å². The van der Waals surface area contributed by atoms with Crippen molar-refractivity contribution in [1.29, 1.82) is 0 Å². The molecule has 3 aromatic rings. The van der Waals surface area contributed by atoms with Gasteiger partial charge in [-0.2, -0.15) is 0 Å². The quantitative estimate of drug-likeness (QED) is 0.625. The molecule has 4 rings (SSSR count). The molecule has 6 heteroatoms. The van der Waals surface area contributed by atoms with Crippen molar-refractivity contribution in [3.8, 4) is 5.75 Å². The van der Waals surface area contributed by atoms with Gasteiger partial charge in [0.15, 0.2) is 0 Å². The first-order valence-corrected chi connectivity index (χ1v) is 9.91. The largest absolute Gasteiger partial charge is 0.497 e. The van der Waals surface area contributed by atoms with E-state index < -0.39 is 0 Å². The summed E-state index contributed by atoms with van der Waals surface area (Å²) in [7, 11) is 1.57. The first-order valence-electron chi connectivity index (χ1n) is 9.91. The van der Waals surface area contributed by atoms with Crippen molar-refractivity contribution in [2.75, 3.05) is 16.9 Å². The highest BCUT2D eigenvalue weighted by molar-refractivity contribution is 6.07. The maximum absolute atomic E-state index is 13.3. The normalized spacial score (nSPS) is 17.9. The molecule has 0 fully saturated rings. The van der Waals surface area contributed by atoms with E-state index >= 15 is 0 Å². The van der Waals surface area contributed by atoms with Crippen LogP contribution in [0.2, 0.25) is 0 Å². The van der Waals surface area contributed by atoms with Crippen LogP contribution in [0.15, 0.2) is 71.3 Å². The minimum Gasteiger partial charge on any atom is -0.497 e. The number of carbonyl (C=O) groups excluding carboxylic acids is 2. The zero-order valence-electron chi connectivity index (χ0n) is 17.2. The van der Waals surface area contributed by atoms with Crippen molar-refractivity contribution >= 4 is 23.4 Å². The SMILES string of the molecule is COc1cccc(C(=O)N2c3occc3C(N(C(C)=O)c3ccccc3)CC2C)c1. The average molecular weight is 404 g/mol. The third kappa shape index (κ3) is 3.45. The molecule has 154 valence electrons. The van der Waals surface area contributed by atoms with Gasteiger partial charge in [-0.25, -0.2) is 0 Å². The first kappa shape index (κ1) is 19.8. The number of nitrogens with zero attached hydrogens (tertiary/aromatic N) is 2. The van der Waals surface area contributed by atoms with E-state index in [-0.39, 0.29) is 23.9 Å². The fourth-order valence-electron chi connectivity index (χ4n) is 4.12. The number of anilines is 2. The highest BCUT2D eigenvalue weighted by Gasteiger charge is 2.40. The number of hydrogen-bond donors (Lipinski definition) is 0. The molecule has 2 amide bonds. The number of carbonyl (C=O) groups is 2. The molecule has 1 aliphatic heterocycles. The lowest BCUT2D eigenvalue weighted by molar-refractivity contribution is -0.117. The molecule has 0 N–H and O–H groups in total. The van der Waals surface area contributed by atoms with Gasteiger partial charge < -0.3 is 14.1 Å². The molecule has 2 heterocycles. The van der Waals surface area contributed by atoms with Crippen molar-refractivity contribution in [3.63, 3.8) is 0 Å². The molecule has 6 nitrogen and oxygen atoms in total. The molecule has 2 atom stereocenters. The molecule has 0 saturated carbocycles. The van der Waals surface area contributed by atoms with Crippen LogP contribution >= 0.6 is 0 Å². The number of fused-ring (bicyclic) bond motifs is 1. The van der Waals surface area contributed by atoms with Crippen molar-refractivity contribution in [1.82, 2.24) is 0 Å². The number of amides is 2. The molecular weight excluding hydrogens is 380 g/mol. The highest BCUT2D eigenvalue weighted by Crippen LogP contribution is 2.43. The highest BCUT2D eigenvalue weighted by atomic mass is 16.5. The Morgan fingerprint density at radius 2 is 1.87 bits per heavy atom. The zero-order chi connectivity index (χ0) is 21.3. The number of ether oxygens (including phenoxy) is 1. The van der Waals surface area contributed by atoms with E-state index in [2.05, 4.69) is 0 Å². The lowest BCUT2D eigenvalue weighted by Crippen LogP contribution is -2.47. The topological polar surface area (TPSA) is 63.0 Å². The van der Waals surface area contributed by atoms with E-state index in [4.69, 9.17) is 9.15 Å². The summed E-state index contributed by atoms with van der Waals surface area (Å²) in [5, 5.41) is 0. The Labute approximate surface area is 175 Å². The van der Waals surface area contributed by atoms with Crippen LogP contribution in [0.25, 0.3) is 0 Å². The molecule has 0 bridgehead atoms. The van der Waals surface area contributed by atoms with Gasteiger partial charge in [-0.15, -0.1) is 0 Å². The molecule has 2 unspecified atom stereocenters. The predicted molar refractivity (Wildman–Crippen MR) is 115 cm³/mol. The first-order chi connectivity index (χ1) is 14.5. The van der Waals surface area contributed by atoms with E-state index in [0.717, 1.165) is 11.3 Å². The molecule has 0 saturated heterocycles. The molecule has 2 aromatic carbocycles. The minimum atomic E-state index is -0.219. The monoisotopic (exact) mass is 404 g/mol. The lowest BCUT2D eigenvalue weighted by atomic mass is 9.93. The number of benzene rings is 2. The second-order valence-electron chi connectivity index (χ2n) is 7.41. The molecule has 0 radical (unpaired) electrons. The van der Waals surface area contributed by atoms with Crippen molar-refractivity contribution in [2.24, 2.45) is 0 Å². The number of hydrogen-bond acceptors (Lipinski definition) is 4. The van der Waals surface area contributed by atoms with Crippen LogP contribution < -0.4 is 14.5 Å². The van der Waals surface area contributed by atoms with Crippen LogP contribution in [-0.4, -0.2) is 25.0 Å². The smallest absolute Gasteiger partial charge is 0.260 e. The summed E-state index contributed by atoms with van der Waals surface area (Å²) in [6.07, 6.45) is 2.17. The van der Waals surface area contributed by atoms with Crippen LogP contribution in [0.4, 0.5) is 11.6 Å². The molecule has 30 heavy (non-hydrogen) atoms. The van der Waals surface area contributed by atoms with Crippen molar-refractivity contribution in [2.45, 2.75) is 32.4 Å². The fourth-order valence-corrected chi connectivity index (χ4v) is 4.12. The Morgan fingerprint density at radius 1 is 1.10 bits per heavy atom. The molecule has 0 spiro atoms. The summed E-state index contributed by atoms with van der Waals surface area (Å²) in [5.74, 6) is 0.881. The summed E-state index contributed by atoms with van der Waals surface area (Å²) >= 11 is 0. The van der Waals surface area contributed by atoms with Crippen LogP contribution in [0.3, 0.4) is 0 Å². The van der Waals surface area contributed by atoms with Gasteiger partial charge in [0.2, 0.25) is 11.8 Å². The molecule has 0 aliphatic carbocycles. The van der Waals surface area contributed by atoms with Gasteiger partial charge >= 0.3 is 0 Å². The Hall–Kier alpha value is -3.54. The third-order valence-electron chi connectivity index (χ3n) is 5.48. The number of para-hydroxylation sites is 1. The van der Waals surface area contributed by atoms with Gasteiger partial charge in [0.05, 0.1) is 19.4 Å². The third-order valence-corrected chi connectivity index (χ3v) is 5.48. The van der Waals surface area contributed by atoms with E-state index in [1.54, 1.807) is 54.4 Å². The van der Waals surface area contributed by atoms with Gasteiger partial charge in [0.25, 0.3) is 5.91 Å². The molecule has 1 aromatic heterocycles. The summed E-state index contributed by atoms with van der Waals surface area (Å²) < 4.78 is 11.0. The summed E-state index contributed by atoms with van der Waals surface area (Å²) in [4.78, 5) is 29.4. The molecule has 1 aliphatic rings. The van der Waals surface area contributed by atoms with Crippen molar-refractivity contribution < 1.29 is 18.7 Å². The van der Waals surface area contributed by atoms with Gasteiger partial charge in [0, 0.05) is 29.8 Å². The van der Waals surface area contributed by atoms with E-state index in [0.29, 0.717) is 23.6 Å². The Bertz CT molecular complexity index is 1060. The lowest BCUT2D eigenvalue weighted by Gasteiger charge is -2.40. The average Bonchev–Trinajstić information content (AvgIpc) is 3.24. The Kier molecular flexibility index (Phi) is 5.31. The number of rotatable bonds is 4. The zero-order valence-corrected chi connectivity index (χ0v) is 17.2. The predicted octanol–water partition coefficient (Wildman–Crippen LogP) is 4.82. The Balaban J connectivity index is 1.73. The standard InChI is InChI=1S/C24H24N2O4/c1-16-14-22(26(17(2)27)19-9-5-4-6-10-19)21-12-13-30-24(21)25(16)23(28)18-8-7-11-20(15-18)29-3/h4-13,15-16,22H,14H2,1-3H3. The van der Waals surface area contributed by atoms with Crippen LogP contribution in [-0.2, 0) is 4.79 Å². The minimum absolute atomic E-state index is 0.0573.